The molecule has 12 heteroatoms. The van der Waals surface area contributed by atoms with Crippen LogP contribution in [0, 0.1) is 18.8 Å². The number of carbonyl (C=O) groups is 5. The van der Waals surface area contributed by atoms with Crippen LogP contribution in [0.3, 0.4) is 0 Å². The zero-order valence-corrected chi connectivity index (χ0v) is 32.6. The molecule has 2 aliphatic heterocycles. The molecule has 0 spiro atoms. The molecule has 5 heterocycles. The van der Waals surface area contributed by atoms with Crippen molar-refractivity contribution in [3.63, 3.8) is 0 Å². The van der Waals surface area contributed by atoms with Gasteiger partial charge in [0.15, 0.2) is 0 Å². The minimum absolute atomic E-state index is 0.143. The number of nitrogens with zero attached hydrogens (tertiary/aromatic N) is 3. The second kappa shape index (κ2) is 15.4. The van der Waals surface area contributed by atoms with E-state index < -0.39 is 11.9 Å². The number of aromatic amines is 1. The molecule has 1 fully saturated rings. The molecule has 8 rings (SSSR count). The van der Waals surface area contributed by atoms with Crippen LogP contribution in [-0.4, -0.2) is 69.0 Å². The molecule has 58 heavy (non-hydrogen) atoms. The summed E-state index contributed by atoms with van der Waals surface area (Å²) < 4.78 is 0. The molecule has 0 saturated carbocycles. The maximum atomic E-state index is 13.1. The van der Waals surface area contributed by atoms with Crippen molar-refractivity contribution in [2.45, 2.75) is 58.5 Å². The van der Waals surface area contributed by atoms with Crippen molar-refractivity contribution >= 4 is 51.2 Å². The molecular formula is C46H41N7O5. The number of amides is 5. The second-order valence-corrected chi connectivity index (χ2v) is 14.9. The Morgan fingerprint density at radius 3 is 2.55 bits per heavy atom. The average Bonchev–Trinajstić information content (AvgIpc) is 3.81. The van der Waals surface area contributed by atoms with Crippen molar-refractivity contribution in [3.8, 4) is 34.2 Å². The number of imide groups is 1. The number of benzene rings is 3. The monoisotopic (exact) mass is 771 g/mol. The molecule has 0 radical (unpaired) electrons. The lowest BCUT2D eigenvalue weighted by atomic mass is 9.91. The Morgan fingerprint density at radius 2 is 1.79 bits per heavy atom. The Kier molecular flexibility index (Phi) is 10.0. The molecular weight excluding hydrogens is 731 g/mol. The largest absolute Gasteiger partial charge is 0.360 e. The van der Waals surface area contributed by atoms with Crippen molar-refractivity contribution in [3.05, 3.63) is 118 Å². The van der Waals surface area contributed by atoms with Gasteiger partial charge in [-0.15, -0.1) is 0 Å². The molecule has 1 atom stereocenters. The number of nitrogens with one attached hydrogen (secondary N) is 4. The molecule has 1 saturated heterocycles. The topological polar surface area (TPSA) is 166 Å². The summed E-state index contributed by atoms with van der Waals surface area (Å²) >= 11 is 0. The van der Waals surface area contributed by atoms with Gasteiger partial charge >= 0.3 is 0 Å². The van der Waals surface area contributed by atoms with Crippen LogP contribution in [0.15, 0.2) is 79.1 Å². The van der Waals surface area contributed by atoms with Gasteiger partial charge in [-0.2, -0.15) is 0 Å². The summed E-state index contributed by atoms with van der Waals surface area (Å²) in [5.41, 5.74) is 9.27. The number of aryl methyl sites for hydroxylation is 1. The smallest absolute Gasteiger partial charge is 0.269 e. The SMILES string of the molecule is CNC(=O)c1c[nH]c2c(C(C)C)cc(-c3cccc4cc(-c5ccc(C(=O)NCCC#Cc6cccc7c6CN(C6CCC(=O)NC6=O)C7=O)nc5)nc(C)c34)cc12. The van der Waals surface area contributed by atoms with Crippen molar-refractivity contribution in [2.75, 3.05) is 13.6 Å². The quantitative estimate of drug-likeness (QED) is 0.0816. The van der Waals surface area contributed by atoms with Crippen LogP contribution in [-0.2, 0) is 16.1 Å². The van der Waals surface area contributed by atoms with E-state index >= 15 is 0 Å². The number of fused-ring (bicyclic) bond motifs is 3. The van der Waals surface area contributed by atoms with Crippen molar-refractivity contribution in [1.29, 1.82) is 0 Å². The molecule has 0 bridgehead atoms. The fourth-order valence-corrected chi connectivity index (χ4v) is 7.96. The average molecular weight is 772 g/mol. The van der Waals surface area contributed by atoms with Crippen LogP contribution < -0.4 is 16.0 Å². The molecule has 4 N–H and O–H groups in total. The minimum Gasteiger partial charge on any atom is -0.360 e. The molecule has 12 nitrogen and oxygen atoms in total. The summed E-state index contributed by atoms with van der Waals surface area (Å²) in [4.78, 5) is 77.1. The van der Waals surface area contributed by atoms with E-state index in [-0.39, 0.29) is 48.2 Å². The number of hydrogen-bond donors (Lipinski definition) is 4. The van der Waals surface area contributed by atoms with E-state index in [2.05, 4.69) is 75.9 Å². The van der Waals surface area contributed by atoms with Gasteiger partial charge in [0.2, 0.25) is 11.8 Å². The number of piperidine rings is 1. The van der Waals surface area contributed by atoms with Crippen LogP contribution >= 0.6 is 0 Å². The van der Waals surface area contributed by atoms with Gasteiger partial charge in [0.05, 0.1) is 11.3 Å². The lowest BCUT2D eigenvalue weighted by Gasteiger charge is -2.29. The molecule has 6 aromatic rings. The van der Waals surface area contributed by atoms with Crippen LogP contribution in [0.25, 0.3) is 44.1 Å². The van der Waals surface area contributed by atoms with Crippen molar-refractivity contribution < 1.29 is 24.0 Å². The number of rotatable bonds is 8. The van der Waals surface area contributed by atoms with E-state index in [4.69, 9.17) is 4.98 Å². The van der Waals surface area contributed by atoms with Crippen LogP contribution in [0.4, 0.5) is 0 Å². The van der Waals surface area contributed by atoms with Gasteiger partial charge in [0, 0.05) is 84.0 Å². The standard InChI is InChI=1S/C46H41N7O5/c1-25(2)33-19-30(20-34-35(43(55)47-4)23-50-42(33)34)31-12-8-11-28-21-38(51-26(3)41(28)31)29-14-15-37(49-22-29)44(56)48-18-6-5-9-27-10-7-13-32-36(27)24-53(46(32)58)39-16-17-40(54)52-45(39)57/h7-8,10-15,19-23,25,39,50H,6,16-18,24H2,1-4H3,(H,47,55)(H,48,56)(H,52,54,57). The number of H-pyrrole nitrogens is 1. The van der Waals surface area contributed by atoms with Crippen LogP contribution in [0.2, 0.25) is 0 Å². The number of pyridine rings is 2. The van der Waals surface area contributed by atoms with Gasteiger partial charge < -0.3 is 20.5 Å². The first kappa shape index (κ1) is 37.8. The third-order valence-electron chi connectivity index (χ3n) is 10.9. The number of carbonyl (C=O) groups excluding carboxylic acids is 5. The lowest BCUT2D eigenvalue weighted by Crippen LogP contribution is -2.52. The van der Waals surface area contributed by atoms with Gasteiger partial charge in [-0.3, -0.25) is 39.3 Å². The van der Waals surface area contributed by atoms with E-state index in [0.717, 1.165) is 60.9 Å². The summed E-state index contributed by atoms with van der Waals surface area (Å²) in [7, 11) is 1.63. The first-order valence-electron chi connectivity index (χ1n) is 19.3. The Bertz CT molecular complexity index is 2760. The zero-order valence-electron chi connectivity index (χ0n) is 32.6. The second-order valence-electron chi connectivity index (χ2n) is 14.9. The highest BCUT2D eigenvalue weighted by Crippen LogP contribution is 2.38. The van der Waals surface area contributed by atoms with Crippen LogP contribution in [0.5, 0.6) is 0 Å². The molecule has 1 unspecified atom stereocenters. The van der Waals surface area contributed by atoms with Gasteiger partial charge in [-0.1, -0.05) is 50.0 Å². The molecule has 290 valence electrons. The maximum Gasteiger partial charge on any atom is 0.269 e. The molecule has 5 amide bonds. The summed E-state index contributed by atoms with van der Waals surface area (Å²) in [6.45, 7) is 6.81. The Labute approximate surface area is 334 Å². The lowest BCUT2D eigenvalue weighted by molar-refractivity contribution is -0.136. The highest BCUT2D eigenvalue weighted by molar-refractivity contribution is 6.10. The highest BCUT2D eigenvalue weighted by Gasteiger charge is 2.39. The van der Waals surface area contributed by atoms with E-state index in [9.17, 15) is 24.0 Å². The molecule has 0 aliphatic carbocycles. The number of aromatic nitrogens is 3. The Morgan fingerprint density at radius 1 is 0.983 bits per heavy atom. The fraction of sp³-hybridized carbons (Fsp3) is 0.239. The summed E-state index contributed by atoms with van der Waals surface area (Å²) in [6, 6.07) is 20.6. The molecule has 3 aromatic heterocycles. The van der Waals surface area contributed by atoms with Gasteiger partial charge in [-0.25, -0.2) is 0 Å². The Balaban J connectivity index is 0.945. The van der Waals surface area contributed by atoms with E-state index in [0.29, 0.717) is 36.1 Å². The van der Waals surface area contributed by atoms with E-state index in [1.54, 1.807) is 37.6 Å². The van der Waals surface area contributed by atoms with Gasteiger partial charge in [0.1, 0.15) is 11.7 Å². The van der Waals surface area contributed by atoms with Crippen molar-refractivity contribution in [1.82, 2.24) is 35.8 Å². The van der Waals surface area contributed by atoms with Crippen LogP contribution in [0.1, 0.15) is 92.6 Å². The molecule has 3 aromatic carbocycles. The summed E-state index contributed by atoms with van der Waals surface area (Å²) in [5, 5.41) is 10.8. The van der Waals surface area contributed by atoms with Gasteiger partial charge in [-0.05, 0) is 89.4 Å². The highest BCUT2D eigenvalue weighted by atomic mass is 16.2. The number of hydrogen-bond acceptors (Lipinski definition) is 7. The third-order valence-corrected chi connectivity index (χ3v) is 10.9. The predicted molar refractivity (Wildman–Crippen MR) is 221 cm³/mol. The van der Waals surface area contributed by atoms with Crippen molar-refractivity contribution in [2.24, 2.45) is 0 Å². The molecule has 2 aliphatic rings. The first-order valence-corrected chi connectivity index (χ1v) is 19.3. The minimum atomic E-state index is -0.694. The Hall–Kier alpha value is -7.13. The van der Waals surface area contributed by atoms with Gasteiger partial charge in [0.25, 0.3) is 17.7 Å². The predicted octanol–water partition coefficient (Wildman–Crippen LogP) is 6.17. The maximum absolute atomic E-state index is 13.1. The summed E-state index contributed by atoms with van der Waals surface area (Å²) in [5.74, 6) is 4.93. The zero-order chi connectivity index (χ0) is 40.7. The fourth-order valence-electron chi connectivity index (χ4n) is 7.96. The summed E-state index contributed by atoms with van der Waals surface area (Å²) in [6.07, 6.45) is 4.27. The first-order chi connectivity index (χ1) is 28.0. The normalized spacial score (nSPS) is 15.0. The third kappa shape index (κ3) is 6.96. The van der Waals surface area contributed by atoms with E-state index in [1.807, 2.05) is 31.2 Å². The van der Waals surface area contributed by atoms with E-state index in [1.165, 1.54) is 4.90 Å².